The van der Waals surface area contributed by atoms with Gasteiger partial charge in [-0.05, 0) is 54.8 Å². The van der Waals surface area contributed by atoms with Gasteiger partial charge in [0.15, 0.2) is 0 Å². The summed E-state index contributed by atoms with van der Waals surface area (Å²) in [5.74, 6) is 0. The van der Waals surface area contributed by atoms with Crippen LogP contribution in [0.5, 0.6) is 0 Å². The highest BCUT2D eigenvalue weighted by Crippen LogP contribution is 2.18. The first-order valence-corrected chi connectivity index (χ1v) is 6.98. The zero-order valence-corrected chi connectivity index (χ0v) is 12.5. The lowest BCUT2D eigenvalue weighted by Crippen LogP contribution is -2.01. The standard InChI is InChI=1S/C15H14BrN3/c1-10-7-14-15(8-11(10)2)19(18-17-14)9-12-3-5-13(16)6-4-12/h3-8H,9H2,1-2H3. The first-order chi connectivity index (χ1) is 9.13. The molecule has 3 aromatic rings. The molecule has 1 aromatic heterocycles. The fraction of sp³-hybridized carbons (Fsp3) is 0.200. The number of benzene rings is 2. The second-order valence-corrected chi connectivity index (χ2v) is 5.71. The van der Waals surface area contributed by atoms with Crippen LogP contribution in [0.4, 0.5) is 0 Å². The van der Waals surface area contributed by atoms with Crippen molar-refractivity contribution in [2.24, 2.45) is 0 Å². The van der Waals surface area contributed by atoms with Gasteiger partial charge in [-0.15, -0.1) is 5.10 Å². The molecule has 0 atom stereocenters. The van der Waals surface area contributed by atoms with Crippen LogP contribution in [0.1, 0.15) is 16.7 Å². The summed E-state index contributed by atoms with van der Waals surface area (Å²) in [4.78, 5) is 0. The Labute approximate surface area is 120 Å². The number of halogens is 1. The maximum absolute atomic E-state index is 4.25. The van der Waals surface area contributed by atoms with Crippen molar-refractivity contribution >= 4 is 27.0 Å². The van der Waals surface area contributed by atoms with Gasteiger partial charge in [-0.25, -0.2) is 4.68 Å². The topological polar surface area (TPSA) is 30.7 Å². The van der Waals surface area contributed by atoms with Crippen molar-refractivity contribution in [3.8, 4) is 0 Å². The summed E-state index contributed by atoms with van der Waals surface area (Å²) in [6.45, 7) is 4.96. The zero-order chi connectivity index (χ0) is 13.4. The number of hydrogen-bond donors (Lipinski definition) is 0. The molecule has 0 fully saturated rings. The van der Waals surface area contributed by atoms with E-state index in [1.807, 2.05) is 16.8 Å². The minimum atomic E-state index is 0.742. The average Bonchev–Trinajstić information content (AvgIpc) is 2.76. The summed E-state index contributed by atoms with van der Waals surface area (Å²) in [7, 11) is 0. The largest absolute Gasteiger partial charge is 0.240 e. The number of aromatic nitrogens is 3. The molecule has 3 rings (SSSR count). The molecule has 0 saturated carbocycles. The highest BCUT2D eigenvalue weighted by molar-refractivity contribution is 9.10. The predicted octanol–water partition coefficient (Wildman–Crippen LogP) is 3.86. The molecule has 0 aliphatic carbocycles. The lowest BCUT2D eigenvalue weighted by atomic mass is 10.1. The highest BCUT2D eigenvalue weighted by Gasteiger charge is 2.07. The fourth-order valence-corrected chi connectivity index (χ4v) is 2.37. The summed E-state index contributed by atoms with van der Waals surface area (Å²) in [6.07, 6.45) is 0. The van der Waals surface area contributed by atoms with Gasteiger partial charge in [-0.1, -0.05) is 33.3 Å². The molecule has 4 heteroatoms. The summed E-state index contributed by atoms with van der Waals surface area (Å²) < 4.78 is 3.04. The quantitative estimate of drug-likeness (QED) is 0.719. The van der Waals surface area contributed by atoms with Gasteiger partial charge in [0, 0.05) is 4.47 Å². The maximum atomic E-state index is 4.25. The van der Waals surface area contributed by atoms with Gasteiger partial charge in [-0.2, -0.15) is 0 Å². The van der Waals surface area contributed by atoms with E-state index in [4.69, 9.17) is 0 Å². The summed E-state index contributed by atoms with van der Waals surface area (Å²) in [6, 6.07) is 12.5. The minimum absolute atomic E-state index is 0.742. The first kappa shape index (κ1) is 12.4. The van der Waals surface area contributed by atoms with Crippen LogP contribution in [0.25, 0.3) is 11.0 Å². The molecule has 19 heavy (non-hydrogen) atoms. The van der Waals surface area contributed by atoms with E-state index in [2.05, 4.69) is 64.4 Å². The Morgan fingerprint density at radius 1 is 1.05 bits per heavy atom. The SMILES string of the molecule is Cc1cc2nnn(Cc3ccc(Br)cc3)c2cc1C. The molecule has 0 N–H and O–H groups in total. The number of aryl methyl sites for hydroxylation is 2. The summed E-state index contributed by atoms with van der Waals surface area (Å²) in [5.41, 5.74) is 5.79. The molecule has 0 aliphatic rings. The lowest BCUT2D eigenvalue weighted by Gasteiger charge is -2.04. The van der Waals surface area contributed by atoms with Crippen LogP contribution in [0, 0.1) is 13.8 Å². The summed E-state index contributed by atoms with van der Waals surface area (Å²) >= 11 is 3.45. The molecular formula is C15H14BrN3. The Morgan fingerprint density at radius 3 is 2.47 bits per heavy atom. The number of nitrogens with zero attached hydrogens (tertiary/aromatic N) is 3. The van der Waals surface area contributed by atoms with Crippen molar-refractivity contribution < 1.29 is 0 Å². The van der Waals surface area contributed by atoms with E-state index in [9.17, 15) is 0 Å². The van der Waals surface area contributed by atoms with Crippen LogP contribution < -0.4 is 0 Å². The van der Waals surface area contributed by atoms with Gasteiger partial charge in [-0.3, -0.25) is 0 Å². The van der Waals surface area contributed by atoms with E-state index >= 15 is 0 Å². The third-order valence-electron chi connectivity index (χ3n) is 3.37. The normalized spacial score (nSPS) is 11.1. The molecule has 0 radical (unpaired) electrons. The maximum Gasteiger partial charge on any atom is 0.113 e. The Balaban J connectivity index is 2.01. The number of rotatable bonds is 2. The van der Waals surface area contributed by atoms with E-state index in [0.717, 1.165) is 22.1 Å². The van der Waals surface area contributed by atoms with E-state index in [0.29, 0.717) is 0 Å². The first-order valence-electron chi connectivity index (χ1n) is 6.18. The summed E-state index contributed by atoms with van der Waals surface area (Å²) in [5, 5.41) is 8.49. The van der Waals surface area contributed by atoms with Crippen molar-refractivity contribution in [2.45, 2.75) is 20.4 Å². The van der Waals surface area contributed by atoms with Crippen molar-refractivity contribution in [2.75, 3.05) is 0 Å². The van der Waals surface area contributed by atoms with Crippen LogP contribution in [-0.2, 0) is 6.54 Å². The number of hydrogen-bond acceptors (Lipinski definition) is 2. The molecule has 0 unspecified atom stereocenters. The van der Waals surface area contributed by atoms with E-state index in [1.165, 1.54) is 16.7 Å². The van der Waals surface area contributed by atoms with Crippen LogP contribution in [0.2, 0.25) is 0 Å². The molecular weight excluding hydrogens is 302 g/mol. The molecule has 0 spiro atoms. The molecule has 1 heterocycles. The average molecular weight is 316 g/mol. The second kappa shape index (κ2) is 4.78. The molecule has 3 nitrogen and oxygen atoms in total. The van der Waals surface area contributed by atoms with Crippen molar-refractivity contribution in [1.29, 1.82) is 0 Å². The van der Waals surface area contributed by atoms with E-state index in [1.54, 1.807) is 0 Å². The van der Waals surface area contributed by atoms with Gasteiger partial charge < -0.3 is 0 Å². The van der Waals surface area contributed by atoms with Crippen molar-refractivity contribution in [3.63, 3.8) is 0 Å². The van der Waals surface area contributed by atoms with Gasteiger partial charge in [0.05, 0.1) is 12.1 Å². The fourth-order valence-electron chi connectivity index (χ4n) is 2.10. The van der Waals surface area contributed by atoms with Gasteiger partial charge in [0.1, 0.15) is 5.52 Å². The van der Waals surface area contributed by atoms with Crippen LogP contribution in [0.15, 0.2) is 40.9 Å². The molecule has 0 bridgehead atoms. The molecule has 0 aliphatic heterocycles. The van der Waals surface area contributed by atoms with Gasteiger partial charge in [0.25, 0.3) is 0 Å². The molecule has 2 aromatic carbocycles. The predicted molar refractivity (Wildman–Crippen MR) is 80.2 cm³/mol. The lowest BCUT2D eigenvalue weighted by molar-refractivity contribution is 0.669. The van der Waals surface area contributed by atoms with E-state index in [-0.39, 0.29) is 0 Å². The van der Waals surface area contributed by atoms with Gasteiger partial charge in [0.2, 0.25) is 0 Å². The second-order valence-electron chi connectivity index (χ2n) is 4.80. The number of fused-ring (bicyclic) bond motifs is 1. The highest BCUT2D eigenvalue weighted by atomic mass is 79.9. The third-order valence-corrected chi connectivity index (χ3v) is 3.90. The molecule has 0 amide bonds. The minimum Gasteiger partial charge on any atom is -0.240 e. The molecule has 96 valence electrons. The smallest absolute Gasteiger partial charge is 0.113 e. The third kappa shape index (κ3) is 2.40. The molecule has 0 saturated heterocycles. The Bertz CT molecular complexity index is 729. The van der Waals surface area contributed by atoms with E-state index < -0.39 is 0 Å². The Morgan fingerprint density at radius 2 is 1.74 bits per heavy atom. The van der Waals surface area contributed by atoms with Crippen LogP contribution >= 0.6 is 15.9 Å². The van der Waals surface area contributed by atoms with Crippen LogP contribution in [-0.4, -0.2) is 15.0 Å². The van der Waals surface area contributed by atoms with Crippen LogP contribution in [0.3, 0.4) is 0 Å². The Hall–Kier alpha value is -1.68. The Kier molecular flexibility index (Phi) is 3.11. The monoisotopic (exact) mass is 315 g/mol. The van der Waals surface area contributed by atoms with Crippen molar-refractivity contribution in [3.05, 3.63) is 57.6 Å². The van der Waals surface area contributed by atoms with Gasteiger partial charge >= 0.3 is 0 Å². The zero-order valence-electron chi connectivity index (χ0n) is 10.9. The van der Waals surface area contributed by atoms with Crippen molar-refractivity contribution in [1.82, 2.24) is 15.0 Å².